The van der Waals surface area contributed by atoms with Gasteiger partial charge in [-0.15, -0.1) is 0 Å². The molecule has 0 radical (unpaired) electrons. The van der Waals surface area contributed by atoms with Crippen LogP contribution in [0.15, 0.2) is 0 Å². The van der Waals surface area contributed by atoms with Gasteiger partial charge in [-0.1, -0.05) is 0 Å². The summed E-state index contributed by atoms with van der Waals surface area (Å²) in [7, 11) is -2.18. The number of aliphatic hydroxyl groups is 1. The molecule has 0 aromatic carbocycles. The minimum Gasteiger partial charge on any atom is -0.386 e. The molecule has 2 nitrogen and oxygen atoms in total. The Labute approximate surface area is 43.9 Å². The first-order valence-corrected chi connectivity index (χ1v) is 4.84. The van der Waals surface area contributed by atoms with Crippen LogP contribution in [0.4, 0.5) is 0 Å². The summed E-state index contributed by atoms with van der Waals surface area (Å²) in [6.07, 6.45) is 0. The minimum atomic E-state index is -2.18. The fourth-order valence-corrected chi connectivity index (χ4v) is 0. The molecule has 3 heteroatoms. The molecule has 1 N–H and O–H groups in total. The fourth-order valence-electron chi connectivity index (χ4n) is 0. The van der Waals surface area contributed by atoms with Crippen LogP contribution in [-0.2, 0) is 4.57 Å². The monoisotopic (exact) mass is 122 g/mol. The maximum Gasteiger partial charge on any atom is 0.109 e. The molecule has 0 aliphatic heterocycles. The van der Waals surface area contributed by atoms with Gasteiger partial charge in [0.1, 0.15) is 13.0 Å². The molecule has 0 aromatic rings. The molecule has 0 aromatic heterocycles. The Kier molecular flexibility index (Phi) is 2.03. The van der Waals surface area contributed by atoms with Gasteiger partial charge in [0.2, 0.25) is 0 Å². The van der Waals surface area contributed by atoms with Crippen molar-refractivity contribution in [1.29, 1.82) is 0 Å². The van der Waals surface area contributed by atoms with E-state index in [0.717, 1.165) is 0 Å². The van der Waals surface area contributed by atoms with E-state index >= 15 is 0 Å². The maximum absolute atomic E-state index is 10.7. The van der Waals surface area contributed by atoms with E-state index in [1.807, 2.05) is 0 Å². The molecule has 0 heterocycles. The van der Waals surface area contributed by atoms with Crippen molar-refractivity contribution in [2.75, 3.05) is 13.3 Å². The number of hydrogen-bond acceptors (Lipinski definition) is 2. The quantitative estimate of drug-likeness (QED) is 0.525. The molecule has 0 saturated heterocycles. The fraction of sp³-hybridized carbons (Fsp3) is 1.00. The lowest BCUT2D eigenvalue weighted by molar-refractivity contribution is 0.269. The summed E-state index contributed by atoms with van der Waals surface area (Å²) in [6.45, 7) is 4.68. The zero-order valence-electron chi connectivity index (χ0n) is 4.88. The highest BCUT2D eigenvalue weighted by molar-refractivity contribution is 7.62. The van der Waals surface area contributed by atoms with Crippen molar-refractivity contribution < 1.29 is 9.67 Å². The first kappa shape index (κ1) is 7.19. The summed E-state index contributed by atoms with van der Waals surface area (Å²) in [4.78, 5) is 0. The highest BCUT2D eigenvalue weighted by Crippen LogP contribution is 2.39. The Bertz CT molecular complexity index is 91.9. The second-order valence-corrected chi connectivity index (χ2v) is 5.68. The summed E-state index contributed by atoms with van der Waals surface area (Å²) < 4.78 is 10.7. The highest BCUT2D eigenvalue weighted by Gasteiger charge is 2.12. The molecule has 0 unspecified atom stereocenters. The lowest BCUT2D eigenvalue weighted by Crippen LogP contribution is -1.97. The third kappa shape index (κ3) is 2.84. The van der Waals surface area contributed by atoms with Crippen LogP contribution in [0.1, 0.15) is 6.92 Å². The van der Waals surface area contributed by atoms with Gasteiger partial charge in [0.05, 0.1) is 0 Å². The standard InChI is InChI=1S/C4H11O2P/c1-4(5)7(2,3)6/h4-5H,1-3H3/t4-/m1/s1. The zero-order chi connectivity index (χ0) is 6.08. The third-order valence-corrected chi connectivity index (χ3v) is 2.70. The van der Waals surface area contributed by atoms with Crippen LogP contribution in [0.25, 0.3) is 0 Å². The van der Waals surface area contributed by atoms with Crippen molar-refractivity contribution >= 4 is 7.14 Å². The third-order valence-electron chi connectivity index (χ3n) is 0.900. The molecule has 0 spiro atoms. The lowest BCUT2D eigenvalue weighted by atomic mass is 10.9. The van der Waals surface area contributed by atoms with Gasteiger partial charge in [-0.05, 0) is 20.3 Å². The van der Waals surface area contributed by atoms with Crippen molar-refractivity contribution in [3.8, 4) is 0 Å². The molecule has 0 aliphatic rings. The lowest BCUT2D eigenvalue weighted by Gasteiger charge is -2.07. The number of rotatable bonds is 1. The Balaban J connectivity index is 3.80. The Morgan fingerprint density at radius 2 is 1.71 bits per heavy atom. The molecule has 0 aliphatic carbocycles. The van der Waals surface area contributed by atoms with Crippen LogP contribution >= 0.6 is 7.14 Å². The number of hydrogen-bond donors (Lipinski definition) is 1. The van der Waals surface area contributed by atoms with Crippen molar-refractivity contribution in [3.05, 3.63) is 0 Å². The maximum atomic E-state index is 10.7. The van der Waals surface area contributed by atoms with E-state index in [0.29, 0.717) is 0 Å². The van der Waals surface area contributed by atoms with Crippen LogP contribution in [-0.4, -0.2) is 24.3 Å². The van der Waals surface area contributed by atoms with Gasteiger partial charge in [0.15, 0.2) is 0 Å². The second kappa shape index (κ2) is 1.97. The molecular formula is C4H11O2P. The summed E-state index contributed by atoms with van der Waals surface area (Å²) in [5, 5.41) is 8.63. The van der Waals surface area contributed by atoms with Gasteiger partial charge in [-0.2, -0.15) is 0 Å². The van der Waals surface area contributed by atoms with E-state index in [4.69, 9.17) is 5.11 Å². The van der Waals surface area contributed by atoms with Crippen molar-refractivity contribution in [1.82, 2.24) is 0 Å². The van der Waals surface area contributed by atoms with E-state index in [2.05, 4.69) is 0 Å². The van der Waals surface area contributed by atoms with Gasteiger partial charge in [-0.25, -0.2) is 0 Å². The van der Waals surface area contributed by atoms with Gasteiger partial charge < -0.3 is 9.67 Å². The van der Waals surface area contributed by atoms with Gasteiger partial charge in [0.25, 0.3) is 0 Å². The van der Waals surface area contributed by atoms with Crippen LogP contribution in [0.3, 0.4) is 0 Å². The molecule has 0 saturated carbocycles. The molecule has 44 valence electrons. The average Bonchev–Trinajstić information content (AvgIpc) is 1.31. The van der Waals surface area contributed by atoms with Gasteiger partial charge in [0, 0.05) is 0 Å². The van der Waals surface area contributed by atoms with Crippen LogP contribution in [0.5, 0.6) is 0 Å². The van der Waals surface area contributed by atoms with Crippen molar-refractivity contribution in [2.24, 2.45) is 0 Å². The first-order chi connectivity index (χ1) is 2.94. The molecule has 0 fully saturated rings. The summed E-state index contributed by atoms with van der Waals surface area (Å²) in [5.41, 5.74) is 0. The van der Waals surface area contributed by atoms with Crippen LogP contribution < -0.4 is 0 Å². The first-order valence-electron chi connectivity index (χ1n) is 2.17. The summed E-state index contributed by atoms with van der Waals surface area (Å²) >= 11 is 0. The van der Waals surface area contributed by atoms with E-state index in [-0.39, 0.29) is 0 Å². The Hall–Kier alpha value is 0.190. The van der Waals surface area contributed by atoms with Gasteiger partial charge in [-0.3, -0.25) is 0 Å². The van der Waals surface area contributed by atoms with E-state index < -0.39 is 13.0 Å². The highest BCUT2D eigenvalue weighted by atomic mass is 31.2. The molecular weight excluding hydrogens is 111 g/mol. The second-order valence-electron chi connectivity index (χ2n) is 2.07. The molecule has 7 heavy (non-hydrogen) atoms. The summed E-state index contributed by atoms with van der Waals surface area (Å²) in [5.74, 6) is -0.646. The normalized spacial score (nSPS) is 16.6. The molecule has 0 bridgehead atoms. The predicted octanol–water partition coefficient (Wildman–Crippen LogP) is 0.947. The smallest absolute Gasteiger partial charge is 0.109 e. The van der Waals surface area contributed by atoms with Gasteiger partial charge >= 0.3 is 0 Å². The summed E-state index contributed by atoms with van der Waals surface area (Å²) in [6, 6.07) is 0. The largest absolute Gasteiger partial charge is 0.386 e. The van der Waals surface area contributed by atoms with E-state index in [9.17, 15) is 4.57 Å². The van der Waals surface area contributed by atoms with Crippen LogP contribution in [0.2, 0.25) is 0 Å². The topological polar surface area (TPSA) is 37.3 Å². The SMILES string of the molecule is C[C@H](O)P(C)(C)=O. The Morgan fingerprint density at radius 1 is 1.57 bits per heavy atom. The molecule has 1 atom stereocenters. The van der Waals surface area contributed by atoms with E-state index in [1.54, 1.807) is 20.3 Å². The predicted molar refractivity (Wildman–Crippen MR) is 31.1 cm³/mol. The van der Waals surface area contributed by atoms with E-state index in [1.165, 1.54) is 0 Å². The molecule has 0 rings (SSSR count). The van der Waals surface area contributed by atoms with Crippen LogP contribution in [0, 0.1) is 0 Å². The van der Waals surface area contributed by atoms with Crippen molar-refractivity contribution in [3.63, 3.8) is 0 Å². The average molecular weight is 122 g/mol. The minimum absolute atomic E-state index is 0.646. The van der Waals surface area contributed by atoms with Crippen molar-refractivity contribution in [2.45, 2.75) is 12.8 Å². The molecule has 0 amide bonds. The zero-order valence-corrected chi connectivity index (χ0v) is 5.77. The Morgan fingerprint density at radius 3 is 1.71 bits per heavy atom. The number of aliphatic hydroxyl groups excluding tert-OH is 1.